The van der Waals surface area contributed by atoms with Crippen LogP contribution in [0.3, 0.4) is 0 Å². The van der Waals surface area contributed by atoms with Crippen molar-refractivity contribution < 1.29 is 49.1 Å². The molecule has 224 valence electrons. The molecule has 3 rings (SSSR count). The van der Waals surface area contributed by atoms with Crippen LogP contribution in [0.1, 0.15) is 54.5 Å². The number of nitrogens with zero attached hydrogens (tertiary/aromatic N) is 2. The fraction of sp³-hybridized carbons (Fsp3) is 0.583. The van der Waals surface area contributed by atoms with Gasteiger partial charge >= 0.3 is 12.4 Å². The Labute approximate surface area is 230 Å². The van der Waals surface area contributed by atoms with Crippen LogP contribution < -0.4 is 5.32 Å². The molecule has 40 heavy (non-hydrogen) atoms. The van der Waals surface area contributed by atoms with Crippen molar-refractivity contribution in [3.63, 3.8) is 0 Å². The highest BCUT2D eigenvalue weighted by molar-refractivity contribution is 7.91. The highest BCUT2D eigenvalue weighted by atomic mass is 35.5. The molecular weight excluding hydrogens is 595 g/mol. The maximum Gasteiger partial charge on any atom is 0.400 e. The van der Waals surface area contributed by atoms with E-state index >= 15 is 0 Å². The molecule has 0 aliphatic heterocycles. The lowest BCUT2D eigenvalue weighted by atomic mass is 9.84. The molecule has 1 amide bonds. The third-order valence-electron chi connectivity index (χ3n) is 6.98. The van der Waals surface area contributed by atoms with Gasteiger partial charge in [0, 0.05) is 19.2 Å². The van der Waals surface area contributed by atoms with E-state index in [1.54, 1.807) is 6.92 Å². The number of carbonyl (C=O) groups is 1. The number of sulfone groups is 1. The second-order valence-electron chi connectivity index (χ2n) is 9.91. The number of aromatic nitrogens is 2. The number of hydrogen-bond donors (Lipinski definition) is 2. The molecule has 0 spiro atoms. The molecule has 1 aromatic heterocycles. The van der Waals surface area contributed by atoms with Crippen molar-refractivity contribution in [3.05, 3.63) is 46.3 Å². The number of carbonyl (C=O) groups excluding carboxylic acids is 1. The van der Waals surface area contributed by atoms with E-state index in [1.807, 2.05) is 0 Å². The topological polar surface area (TPSA) is 101 Å². The van der Waals surface area contributed by atoms with E-state index in [4.69, 9.17) is 11.6 Å². The maximum absolute atomic E-state index is 14.7. The second-order valence-corrected chi connectivity index (χ2v) is 12.6. The van der Waals surface area contributed by atoms with Gasteiger partial charge in [-0.1, -0.05) is 24.6 Å². The van der Waals surface area contributed by atoms with Gasteiger partial charge < -0.3 is 10.4 Å². The number of aliphatic hydroxyl groups is 1. The van der Waals surface area contributed by atoms with Gasteiger partial charge in [-0.3, -0.25) is 9.36 Å². The van der Waals surface area contributed by atoms with Gasteiger partial charge in [-0.15, -0.1) is 0 Å². The molecule has 0 atom stereocenters. The van der Waals surface area contributed by atoms with Crippen molar-refractivity contribution in [2.24, 2.45) is 5.92 Å². The Balaban J connectivity index is 1.80. The molecule has 0 saturated heterocycles. The van der Waals surface area contributed by atoms with Gasteiger partial charge in [-0.05, 0) is 49.8 Å². The van der Waals surface area contributed by atoms with Crippen molar-refractivity contribution >= 4 is 27.3 Å². The Morgan fingerprint density at radius 3 is 2.25 bits per heavy atom. The van der Waals surface area contributed by atoms with Crippen LogP contribution in [0.25, 0.3) is 5.69 Å². The SMILES string of the molecule is CCc1nc(C(=O)NC[C@]2(O)CC[C@@H](S(C)(=O)=O)CC2)c(Cl)n1-c1ccc(CC(C(F)(F)F)C(F)(F)F)c(F)c1. The summed E-state index contributed by atoms with van der Waals surface area (Å²) < 4.78 is 117. The summed E-state index contributed by atoms with van der Waals surface area (Å²) in [5.41, 5.74) is -2.55. The Kier molecular flexibility index (Phi) is 9.22. The Morgan fingerprint density at radius 2 is 1.77 bits per heavy atom. The zero-order chi connectivity index (χ0) is 30.3. The first-order valence-electron chi connectivity index (χ1n) is 12.2. The number of imidazole rings is 1. The molecule has 0 radical (unpaired) electrons. The molecule has 16 heteroatoms. The first-order valence-corrected chi connectivity index (χ1v) is 14.5. The van der Waals surface area contributed by atoms with E-state index in [9.17, 15) is 49.1 Å². The Morgan fingerprint density at radius 1 is 1.20 bits per heavy atom. The van der Waals surface area contributed by atoms with Crippen LogP contribution >= 0.6 is 11.6 Å². The molecule has 2 aromatic rings. The molecule has 1 aromatic carbocycles. The second kappa shape index (κ2) is 11.5. The van der Waals surface area contributed by atoms with Crippen molar-refractivity contribution in [3.8, 4) is 5.69 Å². The molecule has 0 unspecified atom stereocenters. The van der Waals surface area contributed by atoms with Gasteiger partial charge in [0.2, 0.25) is 0 Å². The van der Waals surface area contributed by atoms with Gasteiger partial charge in [0.1, 0.15) is 26.6 Å². The quantitative estimate of drug-likeness (QED) is 0.406. The lowest BCUT2D eigenvalue weighted by molar-refractivity contribution is -0.283. The predicted molar refractivity (Wildman–Crippen MR) is 132 cm³/mol. The van der Waals surface area contributed by atoms with Crippen molar-refractivity contribution in [1.82, 2.24) is 14.9 Å². The molecule has 7 nitrogen and oxygen atoms in total. The number of halogens is 8. The van der Waals surface area contributed by atoms with E-state index in [0.29, 0.717) is 6.07 Å². The van der Waals surface area contributed by atoms with Crippen LogP contribution in [0.15, 0.2) is 18.2 Å². The Bertz CT molecular complexity index is 1340. The van der Waals surface area contributed by atoms with Crippen LogP contribution in [-0.2, 0) is 22.7 Å². The number of hydrogen-bond acceptors (Lipinski definition) is 5. The van der Waals surface area contributed by atoms with E-state index in [-0.39, 0.29) is 61.0 Å². The number of aryl methyl sites for hydroxylation is 1. The number of benzene rings is 1. The molecular formula is C24H27ClF7N3O4S. The minimum absolute atomic E-state index is 0.0806. The normalized spacial score (nSPS) is 20.6. The molecule has 1 aliphatic carbocycles. The van der Waals surface area contributed by atoms with Gasteiger partial charge in [-0.25, -0.2) is 17.8 Å². The number of amides is 1. The van der Waals surface area contributed by atoms with E-state index in [2.05, 4.69) is 10.3 Å². The highest BCUT2D eigenvalue weighted by Gasteiger charge is 2.56. The summed E-state index contributed by atoms with van der Waals surface area (Å²) in [4.78, 5) is 17.0. The summed E-state index contributed by atoms with van der Waals surface area (Å²) in [6, 6.07) is 2.56. The van der Waals surface area contributed by atoms with Gasteiger partial charge in [0.25, 0.3) is 5.91 Å². The van der Waals surface area contributed by atoms with Crippen LogP contribution in [0.5, 0.6) is 0 Å². The lowest BCUT2D eigenvalue weighted by Crippen LogP contribution is -2.47. The standard InChI is InChI=1S/C24H27ClF7N3O4S/c1-3-18-34-19(21(36)33-12-22(37)8-6-15(7-9-22)40(2,38)39)20(25)35(18)14-5-4-13(16(26)11-14)10-17(23(27,28)29)24(30,31)32/h4-5,11,15,17,37H,3,6-10,12H2,1-2H3,(H,33,36)/t15-,22+. The molecule has 1 fully saturated rings. The summed E-state index contributed by atoms with van der Waals surface area (Å²) in [5, 5.41) is 12.4. The molecule has 0 bridgehead atoms. The maximum atomic E-state index is 14.7. The smallest absolute Gasteiger partial charge is 0.388 e. The van der Waals surface area contributed by atoms with Gasteiger partial charge in [-0.2, -0.15) is 26.3 Å². The number of nitrogens with one attached hydrogen (secondary N) is 1. The van der Waals surface area contributed by atoms with Crippen LogP contribution in [0.4, 0.5) is 30.7 Å². The zero-order valence-corrected chi connectivity index (χ0v) is 22.9. The van der Waals surface area contributed by atoms with Crippen molar-refractivity contribution in [1.29, 1.82) is 0 Å². The first-order chi connectivity index (χ1) is 18.3. The predicted octanol–water partition coefficient (Wildman–Crippen LogP) is 4.96. The fourth-order valence-corrected chi connectivity index (χ4v) is 6.04. The molecule has 2 N–H and O–H groups in total. The highest BCUT2D eigenvalue weighted by Crippen LogP contribution is 2.41. The molecule has 1 saturated carbocycles. The average molecular weight is 622 g/mol. The Hall–Kier alpha value is -2.39. The number of alkyl halides is 6. The third-order valence-corrected chi connectivity index (χ3v) is 9.01. The van der Waals surface area contributed by atoms with Gasteiger partial charge in [0.05, 0.1) is 16.5 Å². The van der Waals surface area contributed by atoms with E-state index in [1.165, 1.54) is 0 Å². The third kappa shape index (κ3) is 7.27. The lowest BCUT2D eigenvalue weighted by Gasteiger charge is -2.35. The summed E-state index contributed by atoms with van der Waals surface area (Å²) in [7, 11) is -3.27. The minimum Gasteiger partial charge on any atom is -0.388 e. The fourth-order valence-electron chi connectivity index (χ4n) is 4.63. The van der Waals surface area contributed by atoms with E-state index < -0.39 is 62.7 Å². The molecule has 1 heterocycles. The zero-order valence-electron chi connectivity index (χ0n) is 21.3. The first kappa shape index (κ1) is 32.1. The van der Waals surface area contributed by atoms with E-state index in [0.717, 1.165) is 23.0 Å². The summed E-state index contributed by atoms with van der Waals surface area (Å²) in [6.07, 6.45) is -10.9. The monoisotopic (exact) mass is 621 g/mol. The van der Waals surface area contributed by atoms with Gasteiger partial charge in [0.15, 0.2) is 11.6 Å². The average Bonchev–Trinajstić information content (AvgIpc) is 3.16. The van der Waals surface area contributed by atoms with Crippen LogP contribution in [0.2, 0.25) is 5.15 Å². The summed E-state index contributed by atoms with van der Waals surface area (Å²) >= 11 is 6.35. The summed E-state index contributed by atoms with van der Waals surface area (Å²) in [5.74, 6) is -5.74. The van der Waals surface area contributed by atoms with Crippen molar-refractivity contribution in [2.75, 3.05) is 12.8 Å². The minimum atomic E-state index is -5.63. The largest absolute Gasteiger partial charge is 0.400 e. The van der Waals surface area contributed by atoms with Crippen molar-refractivity contribution in [2.45, 2.75) is 68.7 Å². The molecule has 1 aliphatic rings. The van der Waals surface area contributed by atoms with Crippen LogP contribution in [-0.4, -0.2) is 65.0 Å². The summed E-state index contributed by atoms with van der Waals surface area (Å²) in [6.45, 7) is 1.40. The number of rotatable bonds is 8. The van der Waals surface area contributed by atoms with Crippen LogP contribution in [0, 0.1) is 11.7 Å².